The molecule has 0 aromatic heterocycles. The van der Waals surface area contributed by atoms with E-state index in [1.54, 1.807) is 12.1 Å². The number of anilines is 1. The Morgan fingerprint density at radius 3 is 2.95 bits per heavy atom. The van der Waals surface area contributed by atoms with E-state index in [2.05, 4.69) is 25.7 Å². The number of hydrogen-bond acceptors (Lipinski definition) is 3. The average Bonchev–Trinajstić information content (AvgIpc) is 2.85. The minimum absolute atomic E-state index is 0.398. The maximum atomic E-state index is 11.4. The van der Waals surface area contributed by atoms with Crippen molar-refractivity contribution in [3.8, 4) is 0 Å². The van der Waals surface area contributed by atoms with E-state index in [9.17, 15) is 9.90 Å². The van der Waals surface area contributed by atoms with Crippen LogP contribution < -0.4 is 4.90 Å². The van der Waals surface area contributed by atoms with Crippen molar-refractivity contribution in [1.82, 2.24) is 4.90 Å². The summed E-state index contributed by atoms with van der Waals surface area (Å²) < 4.78 is 0.932. The van der Waals surface area contributed by atoms with Crippen LogP contribution in [0.25, 0.3) is 0 Å². The second kappa shape index (κ2) is 5.13. The zero-order valence-electron chi connectivity index (χ0n) is 10.7. The Kier molecular flexibility index (Phi) is 3.50. The summed E-state index contributed by atoms with van der Waals surface area (Å²) in [6.45, 7) is 4.09. The van der Waals surface area contributed by atoms with Crippen molar-refractivity contribution in [2.45, 2.75) is 18.9 Å². The van der Waals surface area contributed by atoms with Gasteiger partial charge in [-0.3, -0.25) is 4.90 Å². The molecule has 2 fully saturated rings. The van der Waals surface area contributed by atoms with Gasteiger partial charge in [0, 0.05) is 30.1 Å². The maximum absolute atomic E-state index is 11.4. The van der Waals surface area contributed by atoms with Gasteiger partial charge < -0.3 is 10.0 Å². The fourth-order valence-corrected chi connectivity index (χ4v) is 3.51. The molecular weight excluding hydrogens is 308 g/mol. The van der Waals surface area contributed by atoms with Gasteiger partial charge in [-0.15, -0.1) is 0 Å². The van der Waals surface area contributed by atoms with Gasteiger partial charge in [0.05, 0.1) is 11.3 Å². The molecule has 0 spiro atoms. The SMILES string of the molecule is O=C(O)c1ccc(Br)cc1N1CCN2CCCC2C1. The molecule has 102 valence electrons. The number of halogens is 1. The number of carboxylic acid groups (broad SMARTS) is 1. The molecule has 1 aromatic rings. The zero-order valence-corrected chi connectivity index (χ0v) is 12.3. The van der Waals surface area contributed by atoms with Gasteiger partial charge in [0.2, 0.25) is 0 Å². The third-order valence-electron chi connectivity index (χ3n) is 4.12. The van der Waals surface area contributed by atoms with Crippen molar-refractivity contribution in [3.63, 3.8) is 0 Å². The molecule has 2 saturated heterocycles. The Labute approximate surface area is 121 Å². The van der Waals surface area contributed by atoms with Gasteiger partial charge in [-0.25, -0.2) is 4.79 Å². The number of rotatable bonds is 2. The fraction of sp³-hybridized carbons (Fsp3) is 0.500. The quantitative estimate of drug-likeness (QED) is 0.907. The topological polar surface area (TPSA) is 43.8 Å². The minimum Gasteiger partial charge on any atom is -0.478 e. The first kappa shape index (κ1) is 12.9. The van der Waals surface area contributed by atoms with Crippen LogP contribution in [0.5, 0.6) is 0 Å². The molecule has 1 unspecified atom stereocenters. The van der Waals surface area contributed by atoms with Crippen molar-refractivity contribution in [3.05, 3.63) is 28.2 Å². The number of fused-ring (bicyclic) bond motifs is 1. The van der Waals surface area contributed by atoms with Crippen LogP contribution in [-0.2, 0) is 0 Å². The van der Waals surface area contributed by atoms with E-state index in [1.807, 2.05) is 6.07 Å². The van der Waals surface area contributed by atoms with Crippen molar-refractivity contribution < 1.29 is 9.90 Å². The second-order valence-electron chi connectivity index (χ2n) is 5.24. The summed E-state index contributed by atoms with van der Waals surface area (Å²) in [5, 5.41) is 9.32. The highest BCUT2D eigenvalue weighted by Gasteiger charge is 2.31. The minimum atomic E-state index is -0.851. The lowest BCUT2D eigenvalue weighted by Crippen LogP contribution is -2.50. The van der Waals surface area contributed by atoms with Crippen LogP contribution >= 0.6 is 15.9 Å². The number of nitrogens with zero attached hydrogens (tertiary/aromatic N) is 2. The normalized spacial score (nSPS) is 23.4. The van der Waals surface area contributed by atoms with Crippen LogP contribution in [-0.4, -0.2) is 48.2 Å². The van der Waals surface area contributed by atoms with E-state index >= 15 is 0 Å². The van der Waals surface area contributed by atoms with Gasteiger partial charge >= 0.3 is 5.97 Å². The molecule has 0 radical (unpaired) electrons. The summed E-state index contributed by atoms with van der Waals surface area (Å²) in [5.74, 6) is -0.851. The number of hydrogen-bond donors (Lipinski definition) is 1. The first-order chi connectivity index (χ1) is 9.15. The third-order valence-corrected chi connectivity index (χ3v) is 4.61. The molecule has 1 aromatic carbocycles. The van der Waals surface area contributed by atoms with Gasteiger partial charge in [-0.05, 0) is 37.6 Å². The molecule has 2 aliphatic heterocycles. The molecule has 1 atom stereocenters. The Balaban J connectivity index is 1.89. The molecule has 5 heteroatoms. The molecule has 2 heterocycles. The summed E-state index contributed by atoms with van der Waals surface area (Å²) in [4.78, 5) is 16.1. The molecule has 2 aliphatic rings. The largest absolute Gasteiger partial charge is 0.478 e. The first-order valence-corrected chi connectivity index (χ1v) is 7.46. The highest BCUT2D eigenvalue weighted by atomic mass is 79.9. The van der Waals surface area contributed by atoms with Crippen LogP contribution in [0.3, 0.4) is 0 Å². The first-order valence-electron chi connectivity index (χ1n) is 6.67. The smallest absolute Gasteiger partial charge is 0.337 e. The highest BCUT2D eigenvalue weighted by molar-refractivity contribution is 9.10. The lowest BCUT2D eigenvalue weighted by molar-refractivity contribution is 0.0697. The average molecular weight is 325 g/mol. The third kappa shape index (κ3) is 2.49. The van der Waals surface area contributed by atoms with Gasteiger partial charge in [-0.2, -0.15) is 0 Å². The molecule has 0 bridgehead atoms. The van der Waals surface area contributed by atoms with E-state index in [0.29, 0.717) is 11.6 Å². The van der Waals surface area contributed by atoms with Crippen LogP contribution in [0.4, 0.5) is 5.69 Å². The standard InChI is InChI=1S/C14H17BrN2O2/c15-10-3-4-12(14(18)19)13(8-10)17-7-6-16-5-1-2-11(16)9-17/h3-4,8,11H,1-2,5-7,9H2,(H,18,19). The van der Waals surface area contributed by atoms with E-state index in [0.717, 1.165) is 29.8 Å². The Morgan fingerprint density at radius 2 is 2.16 bits per heavy atom. The van der Waals surface area contributed by atoms with Crippen LogP contribution in [0, 0.1) is 0 Å². The Bertz CT molecular complexity index is 506. The lowest BCUT2D eigenvalue weighted by atomic mass is 10.1. The van der Waals surface area contributed by atoms with E-state index in [1.165, 1.54) is 19.4 Å². The predicted molar refractivity (Wildman–Crippen MR) is 77.9 cm³/mol. The van der Waals surface area contributed by atoms with Gasteiger partial charge in [0.25, 0.3) is 0 Å². The van der Waals surface area contributed by atoms with Crippen molar-refractivity contribution in [2.24, 2.45) is 0 Å². The van der Waals surface area contributed by atoms with Crippen molar-refractivity contribution >= 4 is 27.6 Å². The number of carbonyl (C=O) groups is 1. The Hall–Kier alpha value is -1.07. The van der Waals surface area contributed by atoms with Crippen molar-refractivity contribution in [1.29, 1.82) is 0 Å². The summed E-state index contributed by atoms with van der Waals surface area (Å²) >= 11 is 3.44. The molecule has 4 nitrogen and oxygen atoms in total. The van der Waals surface area contributed by atoms with Gasteiger partial charge in [0.15, 0.2) is 0 Å². The molecule has 0 aliphatic carbocycles. The fourth-order valence-electron chi connectivity index (χ4n) is 3.16. The highest BCUT2D eigenvalue weighted by Crippen LogP contribution is 2.30. The summed E-state index contributed by atoms with van der Waals surface area (Å²) in [7, 11) is 0. The second-order valence-corrected chi connectivity index (χ2v) is 6.16. The summed E-state index contributed by atoms with van der Waals surface area (Å²) in [6.07, 6.45) is 2.50. The van der Waals surface area contributed by atoms with Gasteiger partial charge in [0.1, 0.15) is 0 Å². The molecule has 0 amide bonds. The van der Waals surface area contributed by atoms with Crippen molar-refractivity contribution in [2.75, 3.05) is 31.1 Å². The molecule has 3 rings (SSSR count). The number of aromatic carboxylic acids is 1. The molecule has 19 heavy (non-hydrogen) atoms. The molecular formula is C14H17BrN2O2. The molecule has 1 N–H and O–H groups in total. The number of benzene rings is 1. The van der Waals surface area contributed by atoms with E-state index in [-0.39, 0.29) is 0 Å². The summed E-state index contributed by atoms with van der Waals surface area (Å²) in [5.41, 5.74) is 1.24. The van der Waals surface area contributed by atoms with Crippen LogP contribution in [0.15, 0.2) is 22.7 Å². The Morgan fingerprint density at radius 1 is 1.32 bits per heavy atom. The lowest BCUT2D eigenvalue weighted by Gasteiger charge is -2.39. The van der Waals surface area contributed by atoms with Crippen LogP contribution in [0.1, 0.15) is 23.2 Å². The predicted octanol–water partition coefficient (Wildman–Crippen LogP) is 2.43. The van der Waals surface area contributed by atoms with Crippen LogP contribution in [0.2, 0.25) is 0 Å². The zero-order chi connectivity index (χ0) is 13.4. The number of carboxylic acids is 1. The molecule has 0 saturated carbocycles. The number of piperazine rings is 1. The summed E-state index contributed by atoms with van der Waals surface area (Å²) in [6, 6.07) is 5.99. The monoisotopic (exact) mass is 324 g/mol. The maximum Gasteiger partial charge on any atom is 0.337 e. The van der Waals surface area contributed by atoms with Gasteiger partial charge in [-0.1, -0.05) is 15.9 Å². The van der Waals surface area contributed by atoms with E-state index < -0.39 is 5.97 Å². The van der Waals surface area contributed by atoms with E-state index in [4.69, 9.17) is 0 Å².